The molecule has 27 heavy (non-hydrogen) atoms. The number of aryl methyl sites for hydroxylation is 1. The van der Waals surface area contributed by atoms with Gasteiger partial charge in [0, 0.05) is 21.9 Å². The van der Waals surface area contributed by atoms with Crippen molar-refractivity contribution in [2.24, 2.45) is 0 Å². The molecule has 3 heterocycles. The molecule has 0 unspecified atom stereocenters. The molecule has 0 radical (unpaired) electrons. The summed E-state index contributed by atoms with van der Waals surface area (Å²) >= 11 is 0. The zero-order chi connectivity index (χ0) is 18.4. The van der Waals surface area contributed by atoms with E-state index in [1.165, 1.54) is 11.1 Å². The minimum Gasteiger partial charge on any atom is -0.288 e. The molecule has 7 nitrogen and oxygen atoms in total. The third kappa shape index (κ3) is 2.47. The number of pyridine rings is 2. The molecule has 3 N–H and O–H groups in total. The average molecular weight is 359 g/mol. The number of aromatic amines is 1. The molecule has 0 atom stereocenters. The van der Waals surface area contributed by atoms with Gasteiger partial charge in [-0.15, -0.1) is 0 Å². The number of hydroxylamine groups is 1. The molecule has 5 rings (SSSR count). The van der Waals surface area contributed by atoms with Crippen molar-refractivity contribution in [1.29, 1.82) is 0 Å². The maximum Gasteiger partial charge on any atom is 0.274 e. The van der Waals surface area contributed by atoms with Crippen LogP contribution in [0.25, 0.3) is 33.2 Å². The van der Waals surface area contributed by atoms with Crippen LogP contribution < -0.4 is 5.48 Å². The number of amides is 1. The van der Waals surface area contributed by atoms with Gasteiger partial charge in [-0.2, -0.15) is 5.10 Å². The van der Waals surface area contributed by atoms with Crippen LogP contribution in [0.3, 0.4) is 0 Å². The Balaban J connectivity index is 1.75. The Kier molecular flexibility index (Phi) is 3.61. The lowest BCUT2D eigenvalue weighted by molar-refractivity contribution is 0.0706. The van der Waals surface area contributed by atoms with E-state index in [2.05, 4.69) is 15.2 Å². The number of hydrogen-bond donors (Lipinski definition) is 3. The summed E-state index contributed by atoms with van der Waals surface area (Å²) in [7, 11) is 0. The molecule has 1 aliphatic rings. The fourth-order valence-electron chi connectivity index (χ4n) is 3.99. The standard InChI is InChI=1S/C20H17N5O2/c26-20(25-27)12-7-5-11(6-8-12)18-14-4-2-1-3-13(14)17-15-9-22-24-16(15)10-21-19(17)23-18/h5-10,27H,1-4H2,(H,22,24)(H,25,26). The van der Waals surface area contributed by atoms with E-state index in [0.717, 1.165) is 58.9 Å². The van der Waals surface area contributed by atoms with Gasteiger partial charge in [0.05, 0.1) is 23.6 Å². The van der Waals surface area contributed by atoms with Crippen LogP contribution in [0.4, 0.5) is 0 Å². The first-order chi connectivity index (χ1) is 13.3. The highest BCUT2D eigenvalue weighted by atomic mass is 16.5. The normalized spacial score (nSPS) is 13.7. The number of carbonyl (C=O) groups is 1. The quantitative estimate of drug-likeness (QED) is 0.377. The molecule has 7 heteroatoms. The van der Waals surface area contributed by atoms with Gasteiger partial charge >= 0.3 is 0 Å². The molecule has 4 aromatic rings. The first-order valence-corrected chi connectivity index (χ1v) is 8.94. The number of hydrogen-bond acceptors (Lipinski definition) is 5. The number of rotatable bonds is 2. The van der Waals surface area contributed by atoms with Crippen LogP contribution in [-0.2, 0) is 12.8 Å². The molecule has 0 aliphatic heterocycles. The topological polar surface area (TPSA) is 104 Å². The number of aromatic nitrogens is 4. The summed E-state index contributed by atoms with van der Waals surface area (Å²) in [6.45, 7) is 0. The highest BCUT2D eigenvalue weighted by Crippen LogP contribution is 2.37. The zero-order valence-corrected chi connectivity index (χ0v) is 14.5. The van der Waals surface area contributed by atoms with Gasteiger partial charge in [-0.3, -0.25) is 15.1 Å². The minimum absolute atomic E-state index is 0.397. The van der Waals surface area contributed by atoms with E-state index in [9.17, 15) is 4.79 Å². The second-order valence-electron chi connectivity index (χ2n) is 6.80. The largest absolute Gasteiger partial charge is 0.288 e. The molecule has 0 saturated carbocycles. The highest BCUT2D eigenvalue weighted by molar-refractivity contribution is 6.05. The van der Waals surface area contributed by atoms with Crippen molar-refractivity contribution in [3.8, 4) is 11.3 Å². The van der Waals surface area contributed by atoms with Gasteiger partial charge in [-0.1, -0.05) is 12.1 Å². The lowest BCUT2D eigenvalue weighted by Gasteiger charge is -2.21. The highest BCUT2D eigenvalue weighted by Gasteiger charge is 2.21. The predicted molar refractivity (Wildman–Crippen MR) is 101 cm³/mol. The van der Waals surface area contributed by atoms with E-state index < -0.39 is 5.91 Å². The Morgan fingerprint density at radius 1 is 1.07 bits per heavy atom. The third-order valence-corrected chi connectivity index (χ3v) is 5.27. The fraction of sp³-hybridized carbons (Fsp3) is 0.200. The van der Waals surface area contributed by atoms with Crippen molar-refractivity contribution in [2.45, 2.75) is 25.7 Å². The van der Waals surface area contributed by atoms with E-state index in [1.54, 1.807) is 23.8 Å². The average Bonchev–Trinajstić information content (AvgIpc) is 3.21. The summed E-state index contributed by atoms with van der Waals surface area (Å²) < 4.78 is 0. The maximum absolute atomic E-state index is 11.6. The van der Waals surface area contributed by atoms with Crippen LogP contribution in [-0.4, -0.2) is 31.3 Å². The number of fused-ring (bicyclic) bond motifs is 5. The van der Waals surface area contributed by atoms with E-state index in [0.29, 0.717) is 5.56 Å². The van der Waals surface area contributed by atoms with Crippen LogP contribution in [0.5, 0.6) is 0 Å². The van der Waals surface area contributed by atoms with Gasteiger partial charge in [-0.05, 0) is 48.9 Å². The van der Waals surface area contributed by atoms with E-state index in [1.807, 2.05) is 18.3 Å². The third-order valence-electron chi connectivity index (χ3n) is 5.27. The summed E-state index contributed by atoms with van der Waals surface area (Å²) in [6.07, 6.45) is 7.87. The monoisotopic (exact) mass is 359 g/mol. The van der Waals surface area contributed by atoms with Crippen LogP contribution in [0.15, 0.2) is 36.7 Å². The van der Waals surface area contributed by atoms with Gasteiger partial charge in [-0.25, -0.2) is 15.4 Å². The molecule has 1 amide bonds. The number of carbonyl (C=O) groups excluding carboxylic acids is 1. The second-order valence-corrected chi connectivity index (χ2v) is 6.80. The van der Waals surface area contributed by atoms with Gasteiger partial charge in [0.15, 0.2) is 5.65 Å². The Hall–Kier alpha value is -3.32. The number of nitrogens with one attached hydrogen (secondary N) is 2. The lowest BCUT2D eigenvalue weighted by atomic mass is 9.86. The molecule has 0 saturated heterocycles. The van der Waals surface area contributed by atoms with E-state index in [-0.39, 0.29) is 0 Å². The summed E-state index contributed by atoms with van der Waals surface area (Å²) in [4.78, 5) is 21.0. The first-order valence-electron chi connectivity index (χ1n) is 8.94. The Morgan fingerprint density at radius 3 is 2.63 bits per heavy atom. The fourth-order valence-corrected chi connectivity index (χ4v) is 3.99. The molecule has 0 bridgehead atoms. The lowest BCUT2D eigenvalue weighted by Crippen LogP contribution is -2.18. The van der Waals surface area contributed by atoms with Crippen molar-refractivity contribution >= 4 is 27.8 Å². The van der Waals surface area contributed by atoms with Gasteiger partial charge in [0.2, 0.25) is 0 Å². The molecular weight excluding hydrogens is 342 g/mol. The van der Waals surface area contributed by atoms with Crippen molar-refractivity contribution in [3.63, 3.8) is 0 Å². The van der Waals surface area contributed by atoms with Crippen molar-refractivity contribution in [2.75, 3.05) is 0 Å². The summed E-state index contributed by atoms with van der Waals surface area (Å²) in [5.41, 5.74) is 8.11. The summed E-state index contributed by atoms with van der Waals surface area (Å²) in [5, 5.41) is 18.1. The number of H-pyrrole nitrogens is 1. The Bertz CT molecular complexity index is 1180. The first kappa shape index (κ1) is 15.9. The van der Waals surface area contributed by atoms with Crippen molar-refractivity contribution in [1.82, 2.24) is 25.6 Å². The van der Waals surface area contributed by atoms with Crippen LogP contribution in [0.2, 0.25) is 0 Å². The second kappa shape index (κ2) is 6.14. The van der Waals surface area contributed by atoms with E-state index >= 15 is 0 Å². The zero-order valence-electron chi connectivity index (χ0n) is 14.5. The molecule has 1 aromatic carbocycles. The summed E-state index contributed by atoms with van der Waals surface area (Å²) in [6, 6.07) is 7.11. The molecule has 0 spiro atoms. The molecule has 3 aromatic heterocycles. The van der Waals surface area contributed by atoms with Gasteiger partial charge < -0.3 is 0 Å². The Labute approximate surface area is 154 Å². The van der Waals surface area contributed by atoms with Gasteiger partial charge in [0.1, 0.15) is 0 Å². The smallest absolute Gasteiger partial charge is 0.274 e. The van der Waals surface area contributed by atoms with Crippen LogP contribution in [0, 0.1) is 0 Å². The van der Waals surface area contributed by atoms with Crippen molar-refractivity contribution in [3.05, 3.63) is 53.3 Å². The van der Waals surface area contributed by atoms with Gasteiger partial charge in [0.25, 0.3) is 5.91 Å². The molecular formula is C20H17N5O2. The summed E-state index contributed by atoms with van der Waals surface area (Å²) in [5.74, 6) is -0.529. The number of benzene rings is 1. The number of nitrogens with zero attached hydrogens (tertiary/aromatic N) is 3. The molecule has 1 aliphatic carbocycles. The van der Waals surface area contributed by atoms with Crippen LogP contribution in [0.1, 0.15) is 34.3 Å². The Morgan fingerprint density at radius 2 is 1.85 bits per heavy atom. The minimum atomic E-state index is -0.529. The molecule has 0 fully saturated rings. The predicted octanol–water partition coefficient (Wildman–Crippen LogP) is 3.17. The van der Waals surface area contributed by atoms with Crippen LogP contribution >= 0.6 is 0 Å². The SMILES string of the molecule is O=C(NO)c1ccc(-c2nc3ncc4[nH]ncc4c3c3c2CCCC3)cc1. The maximum atomic E-state index is 11.6. The molecule has 134 valence electrons. The van der Waals surface area contributed by atoms with E-state index in [4.69, 9.17) is 10.2 Å². The van der Waals surface area contributed by atoms with Crippen molar-refractivity contribution < 1.29 is 10.0 Å².